The lowest BCUT2D eigenvalue weighted by atomic mass is 10.0. The molecule has 0 fully saturated rings. The van der Waals surface area contributed by atoms with Crippen molar-refractivity contribution in [2.24, 2.45) is 5.92 Å². The van der Waals surface area contributed by atoms with Gasteiger partial charge in [-0.1, -0.05) is 13.8 Å². The highest BCUT2D eigenvalue weighted by Gasteiger charge is 2.14. The van der Waals surface area contributed by atoms with E-state index in [4.69, 9.17) is 5.11 Å². The Morgan fingerprint density at radius 3 is 2.50 bits per heavy atom. The molecule has 0 aliphatic carbocycles. The molecule has 0 radical (unpaired) electrons. The van der Waals surface area contributed by atoms with Crippen molar-refractivity contribution in [3.8, 4) is 0 Å². The number of hydrogen-bond acceptors (Lipinski definition) is 4. The van der Waals surface area contributed by atoms with Gasteiger partial charge in [-0.25, -0.2) is 9.78 Å². The van der Waals surface area contributed by atoms with Crippen LogP contribution < -0.4 is 5.32 Å². The number of aromatic carboxylic acids is 1. The van der Waals surface area contributed by atoms with E-state index < -0.39 is 5.97 Å². The van der Waals surface area contributed by atoms with Gasteiger partial charge < -0.3 is 15.3 Å². The van der Waals surface area contributed by atoms with Crippen molar-refractivity contribution >= 4 is 11.7 Å². The van der Waals surface area contributed by atoms with E-state index in [1.165, 1.54) is 6.07 Å². The fraction of sp³-hybridized carbons (Fsp3) is 0.538. The Balaban J connectivity index is 2.72. The number of hydrogen-bond donors (Lipinski definition) is 2. The minimum atomic E-state index is -1.00. The quantitative estimate of drug-likeness (QED) is 0.806. The Bertz CT molecular complexity index is 388. The van der Waals surface area contributed by atoms with E-state index in [2.05, 4.69) is 29.0 Å². The molecule has 0 amide bonds. The number of likely N-dealkylation sites (N-methyl/N-ethyl adjacent to an activating group) is 1. The molecule has 1 unspecified atom stereocenters. The van der Waals surface area contributed by atoms with Gasteiger partial charge in [-0.2, -0.15) is 0 Å². The van der Waals surface area contributed by atoms with Gasteiger partial charge in [0.25, 0.3) is 0 Å². The Morgan fingerprint density at radius 2 is 2.11 bits per heavy atom. The minimum Gasteiger partial charge on any atom is -0.477 e. The normalized spacial score (nSPS) is 12.8. The predicted molar refractivity (Wildman–Crippen MR) is 72.0 cm³/mol. The molecule has 5 nitrogen and oxygen atoms in total. The van der Waals surface area contributed by atoms with E-state index in [1.807, 2.05) is 14.1 Å². The van der Waals surface area contributed by atoms with Gasteiger partial charge >= 0.3 is 5.97 Å². The highest BCUT2D eigenvalue weighted by atomic mass is 16.4. The lowest BCUT2D eigenvalue weighted by Gasteiger charge is -2.26. The number of pyridine rings is 1. The highest BCUT2D eigenvalue weighted by molar-refractivity contribution is 5.85. The van der Waals surface area contributed by atoms with Gasteiger partial charge in [-0.05, 0) is 32.1 Å². The number of carbonyl (C=O) groups is 1. The maximum absolute atomic E-state index is 10.7. The SMILES string of the molecule is CC(C)C(CN(C)C)Nc1ccc(C(=O)O)nc1. The number of carboxylic acid groups (broad SMARTS) is 1. The molecule has 0 saturated heterocycles. The summed E-state index contributed by atoms with van der Waals surface area (Å²) in [5.41, 5.74) is 0.912. The predicted octanol–water partition coefficient (Wildman–Crippen LogP) is 1.78. The molecule has 18 heavy (non-hydrogen) atoms. The van der Waals surface area contributed by atoms with Crippen LogP contribution in [0.5, 0.6) is 0 Å². The first-order valence-electron chi connectivity index (χ1n) is 6.00. The molecule has 0 bridgehead atoms. The van der Waals surface area contributed by atoms with Crippen molar-refractivity contribution in [1.82, 2.24) is 9.88 Å². The van der Waals surface area contributed by atoms with Gasteiger partial charge in [0.1, 0.15) is 5.69 Å². The molecule has 5 heteroatoms. The second-order valence-corrected chi connectivity index (χ2v) is 4.99. The summed E-state index contributed by atoms with van der Waals surface area (Å²) in [5.74, 6) is -0.526. The molecule has 1 aromatic heterocycles. The number of aromatic nitrogens is 1. The zero-order chi connectivity index (χ0) is 13.7. The zero-order valence-corrected chi connectivity index (χ0v) is 11.3. The van der Waals surface area contributed by atoms with Crippen LogP contribution in [0, 0.1) is 5.92 Å². The lowest BCUT2D eigenvalue weighted by molar-refractivity contribution is 0.0690. The van der Waals surface area contributed by atoms with Crippen LogP contribution >= 0.6 is 0 Å². The summed E-state index contributed by atoms with van der Waals surface area (Å²) in [6.45, 7) is 5.22. The van der Waals surface area contributed by atoms with Gasteiger partial charge in [0.2, 0.25) is 0 Å². The Kier molecular flexibility index (Phi) is 5.09. The summed E-state index contributed by atoms with van der Waals surface area (Å²) in [6, 6.07) is 3.57. The fourth-order valence-corrected chi connectivity index (χ4v) is 1.64. The van der Waals surface area contributed by atoms with Crippen LogP contribution in [0.1, 0.15) is 24.3 Å². The number of anilines is 1. The van der Waals surface area contributed by atoms with Gasteiger partial charge in [0.05, 0.1) is 11.9 Å². The van der Waals surface area contributed by atoms with Crippen LogP contribution in [0.4, 0.5) is 5.69 Å². The third-order valence-electron chi connectivity index (χ3n) is 2.70. The summed E-state index contributed by atoms with van der Waals surface area (Å²) in [4.78, 5) is 16.7. The third kappa shape index (κ3) is 4.33. The lowest BCUT2D eigenvalue weighted by Crippen LogP contribution is -2.36. The summed E-state index contributed by atoms with van der Waals surface area (Å²) < 4.78 is 0. The molecule has 1 atom stereocenters. The molecule has 1 aromatic rings. The van der Waals surface area contributed by atoms with E-state index in [0.717, 1.165) is 12.2 Å². The van der Waals surface area contributed by atoms with E-state index in [1.54, 1.807) is 12.3 Å². The third-order valence-corrected chi connectivity index (χ3v) is 2.70. The monoisotopic (exact) mass is 251 g/mol. The van der Waals surface area contributed by atoms with Crippen LogP contribution in [0.25, 0.3) is 0 Å². The molecular formula is C13H21N3O2. The minimum absolute atomic E-state index is 0.0641. The highest BCUT2D eigenvalue weighted by Crippen LogP contribution is 2.13. The van der Waals surface area contributed by atoms with Gasteiger partial charge in [0.15, 0.2) is 0 Å². The number of nitrogens with zero attached hydrogens (tertiary/aromatic N) is 2. The molecule has 1 rings (SSSR count). The van der Waals surface area contributed by atoms with Crippen molar-refractivity contribution in [2.75, 3.05) is 26.0 Å². The van der Waals surface area contributed by atoms with Crippen LogP contribution in [0.15, 0.2) is 18.3 Å². The summed E-state index contributed by atoms with van der Waals surface area (Å²) >= 11 is 0. The van der Waals surface area contributed by atoms with Crippen molar-refractivity contribution in [2.45, 2.75) is 19.9 Å². The van der Waals surface area contributed by atoms with E-state index >= 15 is 0 Å². The average molecular weight is 251 g/mol. The van der Waals surface area contributed by atoms with Crippen molar-refractivity contribution in [1.29, 1.82) is 0 Å². The Morgan fingerprint density at radius 1 is 1.44 bits per heavy atom. The van der Waals surface area contributed by atoms with E-state index in [9.17, 15) is 4.79 Å². The van der Waals surface area contributed by atoms with Crippen LogP contribution in [-0.2, 0) is 0 Å². The second-order valence-electron chi connectivity index (χ2n) is 4.99. The molecular weight excluding hydrogens is 230 g/mol. The second kappa shape index (κ2) is 6.35. The Labute approximate surface area is 108 Å². The fourth-order valence-electron chi connectivity index (χ4n) is 1.64. The van der Waals surface area contributed by atoms with Crippen LogP contribution in [-0.4, -0.2) is 47.6 Å². The molecule has 1 heterocycles. The van der Waals surface area contributed by atoms with Crippen molar-refractivity contribution in [3.63, 3.8) is 0 Å². The topological polar surface area (TPSA) is 65.5 Å². The standard InChI is InChI=1S/C13H21N3O2/c1-9(2)12(8-16(3)4)15-10-5-6-11(13(17)18)14-7-10/h5-7,9,12,15H,8H2,1-4H3,(H,17,18). The first-order chi connectivity index (χ1) is 8.40. The molecule has 0 aliphatic rings. The maximum Gasteiger partial charge on any atom is 0.354 e. The smallest absolute Gasteiger partial charge is 0.354 e. The molecule has 0 aliphatic heterocycles. The molecule has 0 saturated carbocycles. The molecule has 0 aromatic carbocycles. The number of nitrogens with one attached hydrogen (secondary N) is 1. The summed E-state index contributed by atoms with van der Waals surface area (Å²) in [7, 11) is 4.06. The van der Waals surface area contributed by atoms with Gasteiger partial charge in [-0.15, -0.1) is 0 Å². The van der Waals surface area contributed by atoms with E-state index in [-0.39, 0.29) is 5.69 Å². The average Bonchev–Trinajstić information content (AvgIpc) is 2.28. The maximum atomic E-state index is 10.7. The van der Waals surface area contributed by atoms with Gasteiger partial charge in [-0.3, -0.25) is 0 Å². The van der Waals surface area contributed by atoms with E-state index in [0.29, 0.717) is 12.0 Å². The molecule has 2 N–H and O–H groups in total. The molecule has 0 spiro atoms. The first-order valence-corrected chi connectivity index (χ1v) is 6.00. The van der Waals surface area contributed by atoms with Gasteiger partial charge in [0, 0.05) is 12.6 Å². The van der Waals surface area contributed by atoms with Crippen LogP contribution in [0.3, 0.4) is 0 Å². The van der Waals surface area contributed by atoms with Crippen LogP contribution in [0.2, 0.25) is 0 Å². The van der Waals surface area contributed by atoms with Crippen molar-refractivity contribution < 1.29 is 9.90 Å². The van der Waals surface area contributed by atoms with Crippen molar-refractivity contribution in [3.05, 3.63) is 24.0 Å². The largest absolute Gasteiger partial charge is 0.477 e. The number of rotatable bonds is 6. The Hall–Kier alpha value is -1.62. The molecule has 100 valence electrons. The zero-order valence-electron chi connectivity index (χ0n) is 11.3. The summed E-state index contributed by atoms with van der Waals surface area (Å²) in [6.07, 6.45) is 1.56. The summed E-state index contributed by atoms with van der Waals surface area (Å²) in [5, 5.41) is 12.2. The first kappa shape index (κ1) is 14.4. The number of carboxylic acids is 1.